The first kappa shape index (κ1) is 20.3. The highest BCUT2D eigenvalue weighted by Crippen LogP contribution is 2.68. The summed E-state index contributed by atoms with van der Waals surface area (Å²) in [6.45, 7) is 8.11. The van der Waals surface area contributed by atoms with Crippen molar-refractivity contribution in [1.82, 2.24) is 4.90 Å². The smallest absolute Gasteiger partial charge is 0.225 e. The van der Waals surface area contributed by atoms with Gasteiger partial charge in [-0.15, -0.1) is 0 Å². The van der Waals surface area contributed by atoms with Crippen molar-refractivity contribution in [1.29, 1.82) is 0 Å². The van der Waals surface area contributed by atoms with Gasteiger partial charge in [0.15, 0.2) is 11.5 Å². The number of carbonyl (C=O) groups is 1. The van der Waals surface area contributed by atoms with Crippen LogP contribution in [0.3, 0.4) is 0 Å². The molecule has 2 aliphatic heterocycles. The Morgan fingerprint density at radius 3 is 2.51 bits per heavy atom. The first-order valence-corrected chi connectivity index (χ1v) is 13.4. The fourth-order valence-electron chi connectivity index (χ4n) is 7.98. The quantitative estimate of drug-likeness (QED) is 0.688. The number of amides is 1. The molecule has 0 aromatic heterocycles. The minimum atomic E-state index is -1.65. The lowest BCUT2D eigenvalue weighted by Crippen LogP contribution is -2.72. The summed E-state index contributed by atoms with van der Waals surface area (Å²) in [6.07, 6.45) is 2.21. The number of hydrogen-bond acceptors (Lipinski definition) is 5. The van der Waals surface area contributed by atoms with E-state index >= 15 is 0 Å². The molecule has 6 aliphatic rings. The third-order valence-electron chi connectivity index (χ3n) is 10.7. The zero-order valence-electron chi connectivity index (χ0n) is 23.5. The maximum Gasteiger partial charge on any atom is 0.225 e. The van der Waals surface area contributed by atoms with E-state index in [-0.39, 0.29) is 30.0 Å². The van der Waals surface area contributed by atoms with Crippen LogP contribution in [0.15, 0.2) is 0 Å². The molecule has 2 bridgehead atoms. The van der Waals surface area contributed by atoms with Crippen molar-refractivity contribution in [2.24, 2.45) is 23.1 Å². The summed E-state index contributed by atoms with van der Waals surface area (Å²) in [7, 11) is 1.50. The van der Waals surface area contributed by atoms with Crippen molar-refractivity contribution in [3.05, 3.63) is 22.3 Å². The van der Waals surface area contributed by atoms with Crippen LogP contribution < -0.4 is 4.74 Å². The maximum absolute atomic E-state index is 13.6. The van der Waals surface area contributed by atoms with Gasteiger partial charge in [0.05, 0.1) is 6.97 Å². The number of hydrogen-bond donors (Lipinski definition) is 2. The number of fused-ring (bicyclic) bond motifs is 2. The summed E-state index contributed by atoms with van der Waals surface area (Å²) < 4.78 is 32.8. The van der Waals surface area contributed by atoms with E-state index in [1.54, 1.807) is 6.92 Å². The third-order valence-corrected chi connectivity index (χ3v) is 10.7. The molecule has 7 atom stereocenters. The Morgan fingerprint density at radius 2 is 1.91 bits per heavy atom. The van der Waals surface area contributed by atoms with Gasteiger partial charge in [0.25, 0.3) is 0 Å². The molecule has 1 spiro atoms. The van der Waals surface area contributed by atoms with E-state index in [1.807, 2.05) is 25.7 Å². The van der Waals surface area contributed by atoms with E-state index in [0.717, 1.165) is 47.9 Å². The van der Waals surface area contributed by atoms with Crippen molar-refractivity contribution in [2.75, 3.05) is 13.7 Å². The third kappa shape index (κ3) is 2.56. The normalized spacial score (nSPS) is 43.1. The van der Waals surface area contributed by atoms with Gasteiger partial charge in [0, 0.05) is 49.4 Å². The molecule has 35 heavy (non-hydrogen) atoms. The average Bonchev–Trinajstić information content (AvgIpc) is 3.57. The number of piperidine rings is 1. The Labute approximate surface area is 210 Å². The number of likely N-dealkylation sites (tertiary alicyclic amines) is 1. The minimum Gasteiger partial charge on any atom is -0.504 e. The highest BCUT2D eigenvalue weighted by molar-refractivity contribution is 5.82. The lowest BCUT2D eigenvalue weighted by molar-refractivity contribution is -0.206. The highest BCUT2D eigenvalue weighted by Gasteiger charge is 2.71. The Morgan fingerprint density at radius 1 is 1.20 bits per heavy atom. The molecular weight excluding hydrogens is 442 g/mol. The minimum absolute atomic E-state index is 0.0549. The molecule has 2 N–H and O–H groups in total. The van der Waals surface area contributed by atoms with Gasteiger partial charge in [-0.3, -0.25) is 4.79 Å². The number of rotatable bonds is 3. The number of phenols is 1. The average molecular weight is 484 g/mol. The maximum atomic E-state index is 13.6. The van der Waals surface area contributed by atoms with Gasteiger partial charge in [-0.05, 0) is 74.3 Å². The molecule has 1 aromatic rings. The van der Waals surface area contributed by atoms with Gasteiger partial charge < -0.3 is 24.6 Å². The van der Waals surface area contributed by atoms with Gasteiger partial charge in [-0.25, -0.2) is 0 Å². The zero-order valence-corrected chi connectivity index (χ0v) is 21.5. The second-order valence-electron chi connectivity index (χ2n) is 13.0. The molecule has 3 fully saturated rings. The predicted molar refractivity (Wildman–Crippen MR) is 131 cm³/mol. The van der Waals surface area contributed by atoms with Crippen LogP contribution in [-0.2, 0) is 34.2 Å². The lowest BCUT2D eigenvalue weighted by atomic mass is 9.46. The van der Waals surface area contributed by atoms with E-state index in [9.17, 15) is 17.7 Å². The summed E-state index contributed by atoms with van der Waals surface area (Å²) in [5.74, 6) is -1.16. The van der Waals surface area contributed by atoms with Gasteiger partial charge in [-0.1, -0.05) is 20.8 Å². The molecule has 4 aliphatic carbocycles. The fourth-order valence-corrected chi connectivity index (χ4v) is 7.98. The molecule has 2 saturated carbocycles. The summed E-state index contributed by atoms with van der Waals surface area (Å²) in [5, 5.41) is 23.4. The van der Waals surface area contributed by atoms with Crippen molar-refractivity contribution in [2.45, 2.75) is 102 Å². The molecule has 190 valence electrons. The van der Waals surface area contributed by atoms with E-state index < -0.39 is 40.4 Å². The largest absolute Gasteiger partial charge is 0.504 e. The summed E-state index contributed by atoms with van der Waals surface area (Å²) in [5.41, 5.74) is 1.21. The molecule has 1 amide bonds. The first-order valence-electron chi connectivity index (χ1n) is 14.4. The number of phenolic OH excluding ortho intramolecular Hbond substituents is 1. The predicted octanol–water partition coefficient (Wildman–Crippen LogP) is 3.50. The van der Waals surface area contributed by atoms with Crippen molar-refractivity contribution in [3.63, 3.8) is 0 Å². The van der Waals surface area contributed by atoms with E-state index in [1.165, 1.54) is 7.11 Å². The van der Waals surface area contributed by atoms with Crippen molar-refractivity contribution < 1.29 is 27.2 Å². The number of aromatic hydroxyl groups is 1. The van der Waals surface area contributed by atoms with Gasteiger partial charge in [0.1, 0.15) is 12.2 Å². The Kier molecular flexibility index (Phi) is 3.91. The van der Waals surface area contributed by atoms with Gasteiger partial charge >= 0.3 is 0 Å². The van der Waals surface area contributed by atoms with Crippen LogP contribution in [0.2, 0.25) is 0 Å². The summed E-state index contributed by atoms with van der Waals surface area (Å²) in [4.78, 5) is 15.6. The van der Waals surface area contributed by atoms with Crippen LogP contribution in [0.1, 0.15) is 78.4 Å². The second kappa shape index (κ2) is 6.74. The lowest BCUT2D eigenvalue weighted by Gasteiger charge is -2.63. The van der Waals surface area contributed by atoms with Crippen molar-refractivity contribution >= 4 is 5.91 Å². The molecule has 0 unspecified atom stereocenters. The summed E-state index contributed by atoms with van der Waals surface area (Å²) in [6, 6.07) is -0.368. The molecule has 0 radical (unpaired) electrons. The Hall–Kier alpha value is -1.79. The Balaban J connectivity index is 1.50. The molecule has 2 heterocycles. The van der Waals surface area contributed by atoms with Crippen LogP contribution >= 0.6 is 0 Å². The second-order valence-corrected chi connectivity index (χ2v) is 13.0. The zero-order chi connectivity index (χ0) is 26.5. The monoisotopic (exact) mass is 483 g/mol. The number of aliphatic hydroxyl groups is 1. The van der Waals surface area contributed by atoms with E-state index in [4.69, 9.17) is 9.47 Å². The highest BCUT2D eigenvalue weighted by atomic mass is 16.5. The van der Waals surface area contributed by atoms with Crippen LogP contribution in [0.5, 0.6) is 11.5 Å². The topological polar surface area (TPSA) is 79.2 Å². The SMILES string of the molecule is [2H][C@@]1(OC)[C@H]([C@](C)(O)C(C)(C)C)C[C@]2([2H])[C@H]3Cc4c5c(c(O)c6c4[C@@]2(CCN3C(=O)C2CC2)[C@H]1O6)CC5. The molecule has 1 aromatic carbocycles. The first-order chi connectivity index (χ1) is 17.2. The Bertz CT molecular complexity index is 1240. The molecule has 6 nitrogen and oxygen atoms in total. The molecule has 1 saturated heterocycles. The number of benzene rings is 1. The van der Waals surface area contributed by atoms with E-state index in [2.05, 4.69) is 0 Å². The fraction of sp³-hybridized carbons (Fsp3) is 0.759. The van der Waals surface area contributed by atoms with Crippen LogP contribution in [0.25, 0.3) is 0 Å². The van der Waals surface area contributed by atoms with Gasteiger partial charge in [-0.2, -0.15) is 0 Å². The number of carbonyl (C=O) groups excluding carboxylic acids is 1. The molecule has 6 heteroatoms. The van der Waals surface area contributed by atoms with E-state index in [0.29, 0.717) is 25.1 Å². The van der Waals surface area contributed by atoms with Crippen LogP contribution in [-0.4, -0.2) is 58.5 Å². The standard InChI is InChI=1S/C29H39NO5/c1-27(2,3)28(4,33)19-13-18-20-12-17-15-8-9-16(15)22(31)24-21(17)29(18,25(35-24)23(19)34-5)10-11-30(20)26(32)14-6-7-14/h14,18-20,23,25,31,33H,6-13H2,1-5H3/t18-,19-,20-,23-,25+,28+,29+/m1/s1/i18D,23D. The van der Waals surface area contributed by atoms with Crippen LogP contribution in [0.4, 0.5) is 0 Å². The number of nitrogens with zero attached hydrogens (tertiary/aromatic N) is 1. The van der Waals surface area contributed by atoms with Crippen LogP contribution in [0, 0.1) is 23.1 Å². The molecule has 7 rings (SSSR count). The summed E-state index contributed by atoms with van der Waals surface area (Å²) >= 11 is 0. The number of methoxy groups -OCH3 is 1. The van der Waals surface area contributed by atoms with Crippen molar-refractivity contribution in [3.8, 4) is 11.5 Å². The van der Waals surface area contributed by atoms with Gasteiger partial charge in [0.2, 0.25) is 5.91 Å². The number of ether oxygens (including phenoxy) is 2. The molecular formula is C29H39NO5.